The first-order valence-corrected chi connectivity index (χ1v) is 11.1. The maximum atomic E-state index is 12.6. The number of amides is 2. The van der Waals surface area contributed by atoms with Crippen LogP contribution in [0.4, 0.5) is 5.13 Å². The zero-order valence-electron chi connectivity index (χ0n) is 18.1. The number of aromatic carboxylic acids is 1. The van der Waals surface area contributed by atoms with Crippen molar-refractivity contribution in [1.29, 1.82) is 0 Å². The Morgan fingerprint density at radius 3 is 2.66 bits per heavy atom. The van der Waals surface area contributed by atoms with Crippen molar-refractivity contribution in [3.8, 4) is 0 Å². The van der Waals surface area contributed by atoms with Crippen LogP contribution in [0.5, 0.6) is 0 Å². The van der Waals surface area contributed by atoms with Crippen LogP contribution >= 0.6 is 22.9 Å². The second-order valence-corrected chi connectivity index (χ2v) is 8.81. The number of hydrogen-bond donors (Lipinski definition) is 3. The van der Waals surface area contributed by atoms with E-state index in [0.717, 1.165) is 11.3 Å². The van der Waals surface area contributed by atoms with Gasteiger partial charge in [-0.2, -0.15) is 0 Å². The lowest BCUT2D eigenvalue weighted by Crippen LogP contribution is -2.55. The van der Waals surface area contributed by atoms with E-state index in [0.29, 0.717) is 36.8 Å². The number of rotatable bonds is 7. The van der Waals surface area contributed by atoms with E-state index in [1.165, 1.54) is 26.1 Å². The van der Waals surface area contributed by atoms with Gasteiger partial charge in [0.15, 0.2) is 21.8 Å². The Kier molecular flexibility index (Phi) is 7.36. The second kappa shape index (κ2) is 9.84. The molecule has 3 heterocycles. The van der Waals surface area contributed by atoms with Crippen LogP contribution in [0.1, 0.15) is 49.8 Å². The predicted molar refractivity (Wildman–Crippen MR) is 119 cm³/mol. The van der Waals surface area contributed by atoms with Crippen molar-refractivity contribution in [3.63, 3.8) is 0 Å². The number of carbonyl (C=O) groups is 3. The molecule has 1 aliphatic heterocycles. The van der Waals surface area contributed by atoms with E-state index in [2.05, 4.69) is 20.3 Å². The molecule has 13 heteroatoms. The molecule has 2 amide bonds. The molecule has 2 aromatic rings. The lowest BCUT2D eigenvalue weighted by Gasteiger charge is -2.37. The Labute approximate surface area is 193 Å². The van der Waals surface area contributed by atoms with E-state index < -0.39 is 11.9 Å². The summed E-state index contributed by atoms with van der Waals surface area (Å²) in [5, 5.41) is 13.1. The Hall–Kier alpha value is -2.70. The van der Waals surface area contributed by atoms with Gasteiger partial charge in [-0.05, 0) is 12.8 Å². The summed E-state index contributed by atoms with van der Waals surface area (Å²) in [7, 11) is 4.62. The summed E-state index contributed by atoms with van der Waals surface area (Å²) in [5.74, 6) is -1.91. The Bertz CT molecular complexity index is 1020. The first-order valence-electron chi connectivity index (χ1n) is 9.94. The van der Waals surface area contributed by atoms with Crippen molar-refractivity contribution in [2.75, 3.05) is 39.2 Å². The molecule has 1 fully saturated rings. The molecule has 0 radical (unpaired) electrons. The van der Waals surface area contributed by atoms with Crippen LogP contribution in [0, 0.1) is 0 Å². The van der Waals surface area contributed by atoms with Crippen molar-refractivity contribution in [3.05, 3.63) is 27.2 Å². The normalized spacial score (nSPS) is 18.5. The molecular formula is C19H25ClN6O5S. The number of aromatic amines is 1. The molecule has 0 spiro atoms. The predicted octanol–water partition coefficient (Wildman–Crippen LogP) is 1.51. The first-order chi connectivity index (χ1) is 15.2. The number of aryl methyl sites for hydroxylation is 1. The minimum absolute atomic E-state index is 0.0895. The standard InChI is InChI=1S/C19H25ClN6O5S/c1-5-9-14(20)24-15(21-9)16(27)22-10-6-7-26(8-11(10)31-4)19-23-12(17(28)25(2)3)13(32-19)18(29)30/h10-11H,5-8H2,1-4H3,(H,21,24)(H,22,27)(H,29,30)/t10?,11-/m0/s1. The van der Waals surface area contributed by atoms with Gasteiger partial charge in [0.25, 0.3) is 11.8 Å². The van der Waals surface area contributed by atoms with Crippen molar-refractivity contribution in [2.24, 2.45) is 0 Å². The highest BCUT2D eigenvalue weighted by Gasteiger charge is 2.34. The van der Waals surface area contributed by atoms with Gasteiger partial charge in [0, 0.05) is 34.3 Å². The highest BCUT2D eigenvalue weighted by molar-refractivity contribution is 7.17. The molecule has 1 unspecified atom stereocenters. The van der Waals surface area contributed by atoms with Crippen LogP contribution in [-0.4, -0.2) is 89.2 Å². The molecule has 1 aliphatic rings. The van der Waals surface area contributed by atoms with E-state index in [1.54, 1.807) is 0 Å². The number of carboxylic acid groups (broad SMARTS) is 1. The monoisotopic (exact) mass is 484 g/mol. The van der Waals surface area contributed by atoms with E-state index >= 15 is 0 Å². The Morgan fingerprint density at radius 2 is 2.09 bits per heavy atom. The zero-order chi connectivity index (χ0) is 23.6. The van der Waals surface area contributed by atoms with Crippen molar-refractivity contribution >= 4 is 45.9 Å². The molecule has 2 atom stereocenters. The minimum atomic E-state index is -1.20. The van der Waals surface area contributed by atoms with Crippen LogP contribution in [0.15, 0.2) is 0 Å². The zero-order valence-corrected chi connectivity index (χ0v) is 19.7. The van der Waals surface area contributed by atoms with Gasteiger partial charge in [0.05, 0.1) is 17.8 Å². The van der Waals surface area contributed by atoms with Crippen LogP contribution in [0.3, 0.4) is 0 Å². The number of H-pyrrole nitrogens is 1. The van der Waals surface area contributed by atoms with Crippen LogP contribution in [0.25, 0.3) is 0 Å². The van der Waals surface area contributed by atoms with Gasteiger partial charge >= 0.3 is 5.97 Å². The molecule has 2 aromatic heterocycles. The maximum absolute atomic E-state index is 12.6. The fourth-order valence-corrected chi connectivity index (χ4v) is 4.60. The summed E-state index contributed by atoms with van der Waals surface area (Å²) in [6.07, 6.45) is 0.773. The third-order valence-corrected chi connectivity index (χ3v) is 6.58. The number of nitrogens with one attached hydrogen (secondary N) is 2. The van der Waals surface area contributed by atoms with Gasteiger partial charge in [-0.25, -0.2) is 14.8 Å². The average molecular weight is 485 g/mol. The number of carbonyl (C=O) groups excluding carboxylic acids is 2. The summed E-state index contributed by atoms with van der Waals surface area (Å²) in [5.41, 5.74) is 0.601. The van der Waals surface area contributed by atoms with Gasteiger partial charge in [0.2, 0.25) is 0 Å². The number of methoxy groups -OCH3 is 1. The van der Waals surface area contributed by atoms with Gasteiger partial charge in [-0.1, -0.05) is 29.9 Å². The third-order valence-electron chi connectivity index (χ3n) is 5.16. The van der Waals surface area contributed by atoms with E-state index in [1.807, 2.05) is 11.8 Å². The molecule has 3 N–H and O–H groups in total. The van der Waals surface area contributed by atoms with Crippen molar-refractivity contribution in [2.45, 2.75) is 31.9 Å². The molecule has 0 bridgehead atoms. The summed E-state index contributed by atoms with van der Waals surface area (Å²) in [6, 6.07) is -0.292. The first kappa shape index (κ1) is 24.0. The van der Waals surface area contributed by atoms with E-state index in [4.69, 9.17) is 16.3 Å². The number of anilines is 1. The summed E-state index contributed by atoms with van der Waals surface area (Å²) in [4.78, 5) is 50.9. The Balaban J connectivity index is 1.74. The molecule has 0 saturated carbocycles. The number of carboxylic acids is 1. The minimum Gasteiger partial charge on any atom is -0.477 e. The summed E-state index contributed by atoms with van der Waals surface area (Å²) >= 11 is 6.97. The number of imidazole rings is 1. The number of halogens is 1. The maximum Gasteiger partial charge on any atom is 0.348 e. The highest BCUT2D eigenvalue weighted by atomic mass is 35.5. The quantitative estimate of drug-likeness (QED) is 0.537. The fourth-order valence-electron chi connectivity index (χ4n) is 3.41. The van der Waals surface area contributed by atoms with Crippen LogP contribution in [0.2, 0.25) is 5.15 Å². The second-order valence-electron chi connectivity index (χ2n) is 7.48. The summed E-state index contributed by atoms with van der Waals surface area (Å²) < 4.78 is 5.58. The average Bonchev–Trinajstić information content (AvgIpc) is 3.37. The summed E-state index contributed by atoms with van der Waals surface area (Å²) in [6.45, 7) is 2.76. The Morgan fingerprint density at radius 1 is 1.38 bits per heavy atom. The van der Waals surface area contributed by atoms with Crippen molar-refractivity contribution < 1.29 is 24.2 Å². The molecular weight excluding hydrogens is 460 g/mol. The van der Waals surface area contributed by atoms with Crippen molar-refractivity contribution in [1.82, 2.24) is 25.2 Å². The molecule has 3 rings (SSSR count). The molecule has 11 nitrogen and oxygen atoms in total. The van der Waals surface area contributed by atoms with Gasteiger partial charge in [-0.3, -0.25) is 9.59 Å². The number of ether oxygens (including phenoxy) is 1. The third kappa shape index (κ3) is 4.87. The lowest BCUT2D eigenvalue weighted by atomic mass is 10.0. The molecule has 0 aromatic carbocycles. The molecule has 32 heavy (non-hydrogen) atoms. The van der Waals surface area contributed by atoms with Gasteiger partial charge < -0.3 is 29.9 Å². The smallest absolute Gasteiger partial charge is 0.348 e. The lowest BCUT2D eigenvalue weighted by molar-refractivity contribution is 0.0538. The molecule has 1 saturated heterocycles. The van der Waals surface area contributed by atoms with E-state index in [9.17, 15) is 19.5 Å². The largest absolute Gasteiger partial charge is 0.477 e. The SMILES string of the molecule is CCc1[nH]c(C(=O)NC2CCN(c3nc(C(=O)N(C)C)c(C(=O)O)s3)C[C@@H]2OC)nc1Cl. The van der Waals surface area contributed by atoms with Crippen LogP contribution in [-0.2, 0) is 11.2 Å². The number of thiazole rings is 1. The number of aromatic nitrogens is 3. The molecule has 0 aliphatic carbocycles. The highest BCUT2D eigenvalue weighted by Crippen LogP contribution is 2.30. The van der Waals surface area contributed by atoms with Gasteiger partial charge in [-0.15, -0.1) is 0 Å². The number of hydrogen-bond acceptors (Lipinski definition) is 8. The topological polar surface area (TPSA) is 141 Å². The molecule has 174 valence electrons. The fraction of sp³-hybridized carbons (Fsp3) is 0.526. The number of piperidine rings is 1. The number of nitrogens with zero attached hydrogens (tertiary/aromatic N) is 4. The van der Waals surface area contributed by atoms with Gasteiger partial charge in [0.1, 0.15) is 4.88 Å². The van der Waals surface area contributed by atoms with E-state index in [-0.39, 0.29) is 39.6 Å². The van der Waals surface area contributed by atoms with Crippen LogP contribution < -0.4 is 10.2 Å².